The molecule has 1 aromatic heterocycles. The molecule has 2 aliphatic rings. The minimum Gasteiger partial charge on any atom is -0.293 e. The van der Waals surface area contributed by atoms with Gasteiger partial charge in [0.05, 0.1) is 11.3 Å². The molecule has 0 spiro atoms. The van der Waals surface area contributed by atoms with E-state index in [9.17, 15) is 10.1 Å². The number of hydrogen-bond acceptors (Lipinski definition) is 3. The molecule has 0 radical (unpaired) electrons. The van der Waals surface area contributed by atoms with Gasteiger partial charge in [0.15, 0.2) is 5.78 Å². The van der Waals surface area contributed by atoms with Crippen molar-refractivity contribution in [2.24, 2.45) is 18.9 Å². The van der Waals surface area contributed by atoms with Gasteiger partial charge in [-0.05, 0) is 36.3 Å². The van der Waals surface area contributed by atoms with E-state index in [1.54, 1.807) is 0 Å². The summed E-state index contributed by atoms with van der Waals surface area (Å²) < 4.78 is 1.86. The van der Waals surface area contributed by atoms with E-state index in [2.05, 4.69) is 24.4 Å². The van der Waals surface area contributed by atoms with Crippen molar-refractivity contribution in [2.75, 3.05) is 0 Å². The highest BCUT2D eigenvalue weighted by molar-refractivity contribution is 6.02. The summed E-state index contributed by atoms with van der Waals surface area (Å²) in [5.41, 5.74) is 3.40. The maximum absolute atomic E-state index is 12.6. The van der Waals surface area contributed by atoms with Crippen LogP contribution in [-0.4, -0.2) is 15.6 Å². The quantitative estimate of drug-likeness (QED) is 0.849. The lowest BCUT2D eigenvalue weighted by Crippen LogP contribution is -2.48. The molecule has 0 N–H and O–H groups in total. The van der Waals surface area contributed by atoms with Gasteiger partial charge in [-0.25, -0.2) is 0 Å². The molecule has 126 valence electrons. The number of aromatic nitrogens is 2. The van der Waals surface area contributed by atoms with Crippen LogP contribution in [0.4, 0.5) is 0 Å². The van der Waals surface area contributed by atoms with Crippen molar-refractivity contribution >= 4 is 5.78 Å². The highest BCUT2D eigenvalue weighted by atomic mass is 16.1. The Morgan fingerprint density at radius 1 is 1.36 bits per heavy atom. The molecular formula is C21H21N3O. The minimum atomic E-state index is -0.380. The Hall–Kier alpha value is -2.67. The van der Waals surface area contributed by atoms with Crippen molar-refractivity contribution in [1.29, 1.82) is 5.26 Å². The standard InChI is InChI=1S/C21H21N3O/c1-14-18-9-8-16-13-24(2)23-20(16)21(18,11-17(12-22)19(14)25)10-15-6-4-3-5-7-15/h3-7,11,13-14,18H,8-10H2,1-2H3/t14-,18-,21-/m0/s1. The number of aryl methyl sites for hydroxylation is 2. The second-order valence-corrected chi connectivity index (χ2v) is 7.35. The Balaban J connectivity index is 1.96. The first-order chi connectivity index (χ1) is 12.0. The molecule has 4 nitrogen and oxygen atoms in total. The van der Waals surface area contributed by atoms with E-state index in [1.165, 1.54) is 11.1 Å². The van der Waals surface area contributed by atoms with Crippen LogP contribution in [0.1, 0.15) is 30.2 Å². The highest BCUT2D eigenvalue weighted by Crippen LogP contribution is 2.51. The molecule has 0 amide bonds. The van der Waals surface area contributed by atoms with Crippen molar-refractivity contribution in [3.63, 3.8) is 0 Å². The molecule has 2 aromatic rings. The molecule has 1 heterocycles. The summed E-state index contributed by atoms with van der Waals surface area (Å²) in [5.74, 6) is 0.00814. The fourth-order valence-electron chi connectivity index (χ4n) is 4.77. The molecule has 0 unspecified atom stereocenters. The Morgan fingerprint density at radius 3 is 2.84 bits per heavy atom. The van der Waals surface area contributed by atoms with E-state index < -0.39 is 0 Å². The molecule has 0 fully saturated rings. The van der Waals surface area contributed by atoms with Gasteiger partial charge < -0.3 is 0 Å². The van der Waals surface area contributed by atoms with Gasteiger partial charge in [-0.1, -0.05) is 43.3 Å². The van der Waals surface area contributed by atoms with E-state index in [-0.39, 0.29) is 28.6 Å². The number of nitrogens with zero attached hydrogens (tertiary/aromatic N) is 3. The number of ketones is 1. The first kappa shape index (κ1) is 15.8. The molecule has 0 bridgehead atoms. The van der Waals surface area contributed by atoms with Crippen molar-refractivity contribution in [2.45, 2.75) is 31.6 Å². The van der Waals surface area contributed by atoms with E-state index in [0.717, 1.165) is 25.0 Å². The van der Waals surface area contributed by atoms with Crippen LogP contribution in [0.25, 0.3) is 0 Å². The predicted molar refractivity (Wildman–Crippen MR) is 94.7 cm³/mol. The molecule has 2 aliphatic carbocycles. The Kier molecular flexibility index (Phi) is 3.61. The summed E-state index contributed by atoms with van der Waals surface area (Å²) in [5, 5.41) is 14.3. The summed E-state index contributed by atoms with van der Waals surface area (Å²) in [6.07, 6.45) is 6.67. The Morgan fingerprint density at radius 2 is 2.12 bits per heavy atom. The number of hydrogen-bond donors (Lipinski definition) is 0. The molecule has 0 saturated heterocycles. The number of benzene rings is 1. The predicted octanol–water partition coefficient (Wildman–Crippen LogP) is 3.13. The Labute approximate surface area is 147 Å². The van der Waals surface area contributed by atoms with Gasteiger partial charge in [0.25, 0.3) is 0 Å². The molecule has 4 heteroatoms. The average molecular weight is 331 g/mol. The minimum absolute atomic E-state index is 0.0180. The SMILES string of the molecule is C[C@@H]1C(=O)C(C#N)=C[C@]2(Cc3ccccc3)c3nn(C)cc3CC[C@@H]12. The smallest absolute Gasteiger partial charge is 0.176 e. The first-order valence-corrected chi connectivity index (χ1v) is 8.79. The molecule has 4 rings (SSSR count). The van der Waals surface area contributed by atoms with Crippen LogP contribution in [0, 0.1) is 23.2 Å². The van der Waals surface area contributed by atoms with Crippen molar-refractivity contribution in [1.82, 2.24) is 9.78 Å². The lowest BCUT2D eigenvalue weighted by Gasteiger charge is -2.46. The van der Waals surface area contributed by atoms with Crippen LogP contribution in [0.5, 0.6) is 0 Å². The summed E-state index contributed by atoms with van der Waals surface area (Å²) in [6.45, 7) is 1.98. The average Bonchev–Trinajstić information content (AvgIpc) is 3.01. The largest absolute Gasteiger partial charge is 0.293 e. The molecule has 0 saturated carbocycles. The van der Waals surface area contributed by atoms with Crippen LogP contribution in [0.3, 0.4) is 0 Å². The van der Waals surface area contributed by atoms with Crippen molar-refractivity contribution < 1.29 is 4.79 Å². The van der Waals surface area contributed by atoms with Crippen molar-refractivity contribution in [3.8, 4) is 6.07 Å². The third kappa shape index (κ3) is 2.34. The highest BCUT2D eigenvalue weighted by Gasteiger charge is 2.52. The summed E-state index contributed by atoms with van der Waals surface area (Å²) >= 11 is 0. The monoisotopic (exact) mass is 331 g/mol. The fourth-order valence-corrected chi connectivity index (χ4v) is 4.77. The maximum Gasteiger partial charge on any atom is 0.176 e. The van der Waals surface area contributed by atoms with E-state index in [1.807, 2.05) is 42.9 Å². The number of carbonyl (C=O) groups is 1. The summed E-state index contributed by atoms with van der Waals surface area (Å²) in [4.78, 5) is 12.6. The van der Waals surface area contributed by atoms with E-state index in [0.29, 0.717) is 0 Å². The van der Waals surface area contributed by atoms with Crippen molar-refractivity contribution in [3.05, 3.63) is 65.0 Å². The maximum atomic E-state index is 12.6. The topological polar surface area (TPSA) is 58.7 Å². The third-order valence-corrected chi connectivity index (χ3v) is 5.88. The number of carbonyl (C=O) groups excluding carboxylic acids is 1. The number of rotatable bonds is 2. The number of allylic oxidation sites excluding steroid dienone is 2. The summed E-state index contributed by atoms with van der Waals surface area (Å²) in [6, 6.07) is 12.5. The second kappa shape index (κ2) is 5.70. The van der Waals surface area contributed by atoms with Crippen LogP contribution >= 0.6 is 0 Å². The lowest BCUT2D eigenvalue weighted by atomic mass is 9.55. The van der Waals surface area contributed by atoms with Crippen LogP contribution in [0.15, 0.2) is 48.2 Å². The second-order valence-electron chi connectivity index (χ2n) is 7.35. The molecule has 3 atom stereocenters. The van der Waals surface area contributed by atoms with Crippen LogP contribution in [0.2, 0.25) is 0 Å². The van der Waals surface area contributed by atoms with E-state index in [4.69, 9.17) is 5.10 Å². The molecule has 25 heavy (non-hydrogen) atoms. The van der Waals surface area contributed by atoms with Gasteiger partial charge in [0, 0.05) is 24.6 Å². The fraction of sp³-hybridized carbons (Fsp3) is 0.381. The number of fused-ring (bicyclic) bond motifs is 3. The van der Waals surface area contributed by atoms with Gasteiger partial charge in [-0.15, -0.1) is 0 Å². The number of nitriles is 1. The summed E-state index contributed by atoms with van der Waals surface area (Å²) in [7, 11) is 1.94. The van der Waals surface area contributed by atoms with Gasteiger partial charge in [-0.3, -0.25) is 9.48 Å². The molecule has 1 aromatic carbocycles. The zero-order chi connectivity index (χ0) is 17.6. The zero-order valence-corrected chi connectivity index (χ0v) is 14.6. The van der Waals surface area contributed by atoms with Gasteiger partial charge in [0.1, 0.15) is 6.07 Å². The lowest BCUT2D eigenvalue weighted by molar-refractivity contribution is -0.121. The van der Waals surface area contributed by atoms with Gasteiger partial charge in [-0.2, -0.15) is 10.4 Å². The van der Waals surface area contributed by atoms with Gasteiger partial charge >= 0.3 is 0 Å². The zero-order valence-electron chi connectivity index (χ0n) is 14.6. The number of Topliss-reactive ketones (excluding diaryl/α,β-unsaturated/α-hetero) is 1. The normalized spacial score (nSPS) is 27.9. The van der Waals surface area contributed by atoms with E-state index >= 15 is 0 Å². The van der Waals surface area contributed by atoms with Crippen LogP contribution in [-0.2, 0) is 30.1 Å². The van der Waals surface area contributed by atoms with Gasteiger partial charge in [0.2, 0.25) is 0 Å². The third-order valence-electron chi connectivity index (χ3n) is 5.88. The molecule has 0 aliphatic heterocycles. The Bertz CT molecular complexity index is 903. The first-order valence-electron chi connectivity index (χ1n) is 8.79. The van der Waals surface area contributed by atoms with Crippen LogP contribution < -0.4 is 0 Å². The molecular weight excluding hydrogens is 310 g/mol.